The molecule has 0 heterocycles. The smallest absolute Gasteiger partial charge is 0.155 e. The van der Waals surface area contributed by atoms with Gasteiger partial charge in [-0.1, -0.05) is 38.5 Å². The Hall–Kier alpha value is -0.930. The first-order valence-electron chi connectivity index (χ1n) is 12.8. The highest BCUT2D eigenvalue weighted by Crippen LogP contribution is 2.65. The van der Waals surface area contributed by atoms with Gasteiger partial charge in [-0.05, 0) is 112 Å². The van der Waals surface area contributed by atoms with Gasteiger partial charge in [0.1, 0.15) is 0 Å². The molecule has 0 bridgehead atoms. The van der Waals surface area contributed by atoms with E-state index in [2.05, 4.69) is 32.9 Å². The quantitative estimate of drug-likeness (QED) is 0.540. The third-order valence-electron chi connectivity index (χ3n) is 10.3. The lowest BCUT2D eigenvalue weighted by Crippen LogP contribution is -2.47. The third kappa shape index (κ3) is 3.99. The van der Waals surface area contributed by atoms with Gasteiger partial charge in [0.2, 0.25) is 0 Å². The van der Waals surface area contributed by atoms with Gasteiger partial charge in [-0.3, -0.25) is 4.79 Å². The standard InChI is InChI=1S/C28H44O3/c1-18(9-12-25(30)26(2,3)31)22-10-11-23-21-8-6-7-19-17-20(29)13-15-27(19,4)24(21)14-16-28(22,23)5/h6,8,17-18,21-25,30-31H,7,9-16H2,1-5H3/t18-,21?,22?,23+,24+,25?,27?,28?/m1/s1. The van der Waals surface area contributed by atoms with Crippen molar-refractivity contribution in [3.8, 4) is 0 Å². The predicted molar refractivity (Wildman–Crippen MR) is 125 cm³/mol. The van der Waals surface area contributed by atoms with Gasteiger partial charge in [0.15, 0.2) is 5.78 Å². The minimum atomic E-state index is -1.02. The van der Waals surface area contributed by atoms with Crippen molar-refractivity contribution in [3.05, 3.63) is 23.8 Å². The summed E-state index contributed by atoms with van der Waals surface area (Å²) in [6.45, 7) is 10.8. The number of hydrogen-bond acceptors (Lipinski definition) is 3. The molecule has 4 aliphatic rings. The summed E-state index contributed by atoms with van der Waals surface area (Å²) in [5, 5.41) is 20.4. The van der Waals surface area contributed by atoms with Crippen LogP contribution < -0.4 is 0 Å². The van der Waals surface area contributed by atoms with Crippen LogP contribution in [0.5, 0.6) is 0 Å². The van der Waals surface area contributed by atoms with E-state index in [0.29, 0.717) is 47.7 Å². The molecule has 0 spiro atoms. The lowest BCUT2D eigenvalue weighted by molar-refractivity contribution is -0.116. The van der Waals surface area contributed by atoms with Gasteiger partial charge in [0.25, 0.3) is 0 Å². The zero-order chi connectivity index (χ0) is 22.6. The fourth-order valence-electron chi connectivity index (χ4n) is 8.20. The summed E-state index contributed by atoms with van der Waals surface area (Å²) in [6, 6.07) is 0. The number of rotatable bonds is 5. The van der Waals surface area contributed by atoms with E-state index in [1.165, 1.54) is 31.3 Å². The van der Waals surface area contributed by atoms with Crippen LogP contribution in [0.3, 0.4) is 0 Å². The van der Waals surface area contributed by atoms with E-state index in [-0.39, 0.29) is 5.41 Å². The Balaban J connectivity index is 1.52. The first-order chi connectivity index (χ1) is 14.5. The lowest BCUT2D eigenvalue weighted by atomic mass is 9.50. The maximum atomic E-state index is 12.1. The van der Waals surface area contributed by atoms with Crippen molar-refractivity contribution >= 4 is 5.78 Å². The van der Waals surface area contributed by atoms with Crippen LogP contribution in [-0.4, -0.2) is 27.7 Å². The molecular weight excluding hydrogens is 384 g/mol. The number of carbonyl (C=O) groups excluding carboxylic acids is 1. The molecule has 3 heteroatoms. The Morgan fingerprint density at radius 3 is 2.58 bits per heavy atom. The minimum Gasteiger partial charge on any atom is -0.390 e. The SMILES string of the molecule is C[C@H](CCC(O)C(C)(C)O)C1CC[C@H]2C3C=CCC4=CC(=O)CCC4(C)[C@H]3CCC12C. The van der Waals surface area contributed by atoms with Gasteiger partial charge in [-0.25, -0.2) is 0 Å². The summed E-state index contributed by atoms with van der Waals surface area (Å²) < 4.78 is 0. The molecule has 0 saturated heterocycles. The second kappa shape index (κ2) is 8.13. The van der Waals surface area contributed by atoms with Crippen molar-refractivity contribution in [3.63, 3.8) is 0 Å². The number of hydrogen-bond donors (Lipinski definition) is 2. The van der Waals surface area contributed by atoms with E-state index >= 15 is 0 Å². The largest absolute Gasteiger partial charge is 0.390 e. The summed E-state index contributed by atoms with van der Waals surface area (Å²) >= 11 is 0. The number of fused-ring (bicyclic) bond motifs is 5. The highest BCUT2D eigenvalue weighted by Gasteiger charge is 2.58. The van der Waals surface area contributed by atoms with E-state index in [9.17, 15) is 15.0 Å². The van der Waals surface area contributed by atoms with Crippen molar-refractivity contribution in [1.29, 1.82) is 0 Å². The van der Waals surface area contributed by atoms with Crippen molar-refractivity contribution in [2.45, 2.75) is 104 Å². The van der Waals surface area contributed by atoms with Crippen LogP contribution in [0.4, 0.5) is 0 Å². The highest BCUT2D eigenvalue weighted by molar-refractivity contribution is 5.91. The predicted octanol–water partition coefficient (Wildman–Crippen LogP) is 5.85. The molecule has 0 radical (unpaired) electrons. The van der Waals surface area contributed by atoms with E-state index < -0.39 is 11.7 Å². The molecule has 0 amide bonds. The van der Waals surface area contributed by atoms with Crippen molar-refractivity contribution in [2.75, 3.05) is 0 Å². The van der Waals surface area contributed by atoms with E-state index in [4.69, 9.17) is 0 Å². The first-order valence-corrected chi connectivity index (χ1v) is 12.8. The van der Waals surface area contributed by atoms with E-state index in [0.717, 1.165) is 25.2 Å². The summed E-state index contributed by atoms with van der Waals surface area (Å²) in [7, 11) is 0. The molecule has 0 aliphatic heterocycles. The first kappa shape index (κ1) is 23.2. The second-order valence-electron chi connectivity index (χ2n) is 12.4. The number of aliphatic hydroxyl groups excluding tert-OH is 1. The van der Waals surface area contributed by atoms with Crippen molar-refractivity contribution in [2.24, 2.45) is 40.4 Å². The molecule has 0 aromatic carbocycles. The van der Waals surface area contributed by atoms with Crippen LogP contribution in [0.15, 0.2) is 23.8 Å². The Labute approximate surface area is 189 Å². The number of aliphatic hydroxyl groups is 2. The van der Waals surface area contributed by atoms with Crippen molar-refractivity contribution in [1.82, 2.24) is 0 Å². The molecule has 5 unspecified atom stereocenters. The normalized spacial score (nSPS) is 42.2. The van der Waals surface area contributed by atoms with Crippen molar-refractivity contribution < 1.29 is 15.0 Å². The maximum absolute atomic E-state index is 12.1. The third-order valence-corrected chi connectivity index (χ3v) is 10.3. The Morgan fingerprint density at radius 1 is 1.13 bits per heavy atom. The number of ketones is 1. The number of carbonyl (C=O) groups is 1. The van der Waals surface area contributed by atoms with Gasteiger partial charge in [0.05, 0.1) is 11.7 Å². The molecule has 2 saturated carbocycles. The Bertz CT molecular complexity index is 759. The zero-order valence-electron chi connectivity index (χ0n) is 20.4. The fraction of sp³-hybridized carbons (Fsp3) is 0.821. The van der Waals surface area contributed by atoms with Crippen LogP contribution in [0.25, 0.3) is 0 Å². The molecule has 0 aromatic heterocycles. The monoisotopic (exact) mass is 428 g/mol. The van der Waals surface area contributed by atoms with Crippen LogP contribution in [0.2, 0.25) is 0 Å². The topological polar surface area (TPSA) is 57.5 Å². The molecule has 174 valence electrons. The summed E-state index contributed by atoms with van der Waals surface area (Å²) in [4.78, 5) is 12.1. The molecule has 2 N–H and O–H groups in total. The maximum Gasteiger partial charge on any atom is 0.155 e. The molecule has 3 nitrogen and oxygen atoms in total. The Morgan fingerprint density at radius 2 is 1.87 bits per heavy atom. The average Bonchev–Trinajstić information content (AvgIpc) is 2.97. The van der Waals surface area contributed by atoms with Gasteiger partial charge in [-0.15, -0.1) is 0 Å². The molecule has 4 rings (SSSR count). The Kier molecular flexibility index (Phi) is 6.10. The van der Waals surface area contributed by atoms with Gasteiger partial charge in [0, 0.05) is 6.42 Å². The molecule has 2 fully saturated rings. The average molecular weight is 429 g/mol. The van der Waals surface area contributed by atoms with Crippen LogP contribution in [0, 0.1) is 40.4 Å². The van der Waals surface area contributed by atoms with Crippen LogP contribution >= 0.6 is 0 Å². The highest BCUT2D eigenvalue weighted by atomic mass is 16.3. The van der Waals surface area contributed by atoms with Crippen LogP contribution in [0.1, 0.15) is 92.4 Å². The van der Waals surface area contributed by atoms with Crippen LogP contribution in [-0.2, 0) is 4.79 Å². The molecule has 4 aliphatic carbocycles. The molecule has 31 heavy (non-hydrogen) atoms. The van der Waals surface area contributed by atoms with Gasteiger partial charge < -0.3 is 10.2 Å². The lowest BCUT2D eigenvalue weighted by Gasteiger charge is -2.54. The zero-order valence-corrected chi connectivity index (χ0v) is 20.4. The molecular formula is C28H44O3. The van der Waals surface area contributed by atoms with Gasteiger partial charge in [-0.2, -0.15) is 0 Å². The van der Waals surface area contributed by atoms with Gasteiger partial charge >= 0.3 is 0 Å². The summed E-state index contributed by atoms with van der Waals surface area (Å²) in [5.74, 6) is 3.60. The second-order valence-corrected chi connectivity index (χ2v) is 12.4. The van der Waals surface area contributed by atoms with E-state index in [1.54, 1.807) is 13.8 Å². The molecule has 8 atom stereocenters. The fourth-order valence-corrected chi connectivity index (χ4v) is 8.20. The molecule has 0 aromatic rings. The summed E-state index contributed by atoms with van der Waals surface area (Å²) in [6.07, 6.45) is 15.7. The summed E-state index contributed by atoms with van der Waals surface area (Å²) in [5.41, 5.74) is 0.913. The van der Waals surface area contributed by atoms with E-state index in [1.807, 2.05) is 6.08 Å². The minimum absolute atomic E-state index is 0.184. The number of allylic oxidation sites excluding steroid dienone is 4.